The van der Waals surface area contributed by atoms with Gasteiger partial charge in [-0.3, -0.25) is 4.79 Å². The highest BCUT2D eigenvalue weighted by Gasteiger charge is 2.06. The molecular weight excluding hydrogens is 180 g/mol. The quantitative estimate of drug-likeness (QED) is 0.774. The van der Waals surface area contributed by atoms with Crippen molar-refractivity contribution in [2.24, 2.45) is 0 Å². The second kappa shape index (κ2) is 4.13. The van der Waals surface area contributed by atoms with Gasteiger partial charge in [-0.15, -0.1) is 0 Å². The molecule has 3 heteroatoms. The predicted molar refractivity (Wildman–Crippen MR) is 53.5 cm³/mol. The largest absolute Gasteiger partial charge is 0.508 e. The summed E-state index contributed by atoms with van der Waals surface area (Å²) in [7, 11) is 0. The van der Waals surface area contributed by atoms with Crippen molar-refractivity contribution in [2.75, 3.05) is 0 Å². The van der Waals surface area contributed by atoms with Crippen molar-refractivity contribution in [3.05, 3.63) is 28.8 Å². The minimum Gasteiger partial charge on any atom is -0.508 e. The van der Waals surface area contributed by atoms with E-state index in [2.05, 4.69) is 0 Å². The van der Waals surface area contributed by atoms with Crippen molar-refractivity contribution >= 4 is 5.97 Å². The number of carbonyl (C=O) groups is 1. The minimum atomic E-state index is -0.845. The molecule has 76 valence electrons. The standard InChI is InChI=1S/C11H14O3/c1-7-5-9(3-4-11(13)14)10(12)6-8(7)2/h5-6,12H,3-4H2,1-2H3,(H,13,14). The highest BCUT2D eigenvalue weighted by atomic mass is 16.4. The van der Waals surface area contributed by atoms with Crippen LogP contribution in [0.5, 0.6) is 5.75 Å². The number of carboxylic acids is 1. The number of hydrogen-bond acceptors (Lipinski definition) is 2. The number of benzene rings is 1. The second-order valence-corrected chi connectivity index (χ2v) is 3.46. The number of aromatic hydroxyl groups is 1. The first kappa shape index (κ1) is 10.6. The zero-order valence-electron chi connectivity index (χ0n) is 8.37. The Bertz CT molecular complexity index is 356. The summed E-state index contributed by atoms with van der Waals surface area (Å²) in [5.74, 6) is -0.656. The molecule has 0 aliphatic carbocycles. The van der Waals surface area contributed by atoms with E-state index in [0.717, 1.165) is 11.1 Å². The van der Waals surface area contributed by atoms with Crippen LogP contribution in [0, 0.1) is 13.8 Å². The number of rotatable bonds is 3. The van der Waals surface area contributed by atoms with E-state index in [1.165, 1.54) is 0 Å². The molecule has 0 saturated carbocycles. The van der Waals surface area contributed by atoms with E-state index >= 15 is 0 Å². The molecule has 0 atom stereocenters. The van der Waals surface area contributed by atoms with E-state index in [1.807, 2.05) is 19.9 Å². The van der Waals surface area contributed by atoms with Gasteiger partial charge in [0, 0.05) is 6.42 Å². The average Bonchev–Trinajstić information content (AvgIpc) is 2.09. The Kier molecular flexibility index (Phi) is 3.12. The fourth-order valence-corrected chi connectivity index (χ4v) is 1.30. The van der Waals surface area contributed by atoms with E-state index in [0.29, 0.717) is 12.0 Å². The highest BCUT2D eigenvalue weighted by Crippen LogP contribution is 2.22. The predicted octanol–water partition coefficient (Wildman–Crippen LogP) is 2.03. The van der Waals surface area contributed by atoms with Gasteiger partial charge in [0.1, 0.15) is 5.75 Å². The van der Waals surface area contributed by atoms with E-state index in [9.17, 15) is 9.90 Å². The van der Waals surface area contributed by atoms with Crippen LogP contribution in [0.25, 0.3) is 0 Å². The van der Waals surface area contributed by atoms with Crippen LogP contribution >= 0.6 is 0 Å². The molecule has 1 aromatic carbocycles. The van der Waals surface area contributed by atoms with Crippen LogP contribution in [0.4, 0.5) is 0 Å². The van der Waals surface area contributed by atoms with E-state index in [4.69, 9.17) is 5.11 Å². The third kappa shape index (κ3) is 2.49. The molecule has 14 heavy (non-hydrogen) atoms. The number of aryl methyl sites for hydroxylation is 3. The number of carboxylic acid groups (broad SMARTS) is 1. The first-order valence-electron chi connectivity index (χ1n) is 4.51. The second-order valence-electron chi connectivity index (χ2n) is 3.46. The van der Waals surface area contributed by atoms with Crippen molar-refractivity contribution in [3.8, 4) is 5.75 Å². The molecule has 3 nitrogen and oxygen atoms in total. The van der Waals surface area contributed by atoms with Gasteiger partial charge >= 0.3 is 5.97 Å². The van der Waals surface area contributed by atoms with Gasteiger partial charge in [-0.05, 0) is 43.0 Å². The number of phenols is 1. The molecule has 0 heterocycles. The zero-order valence-corrected chi connectivity index (χ0v) is 8.37. The molecule has 0 spiro atoms. The van der Waals surface area contributed by atoms with Crippen LogP contribution in [-0.2, 0) is 11.2 Å². The third-order valence-corrected chi connectivity index (χ3v) is 2.30. The first-order valence-corrected chi connectivity index (χ1v) is 4.51. The number of phenolic OH excluding ortho intramolecular Hbond substituents is 1. The summed E-state index contributed by atoms with van der Waals surface area (Å²) in [5, 5.41) is 18.0. The Morgan fingerprint density at radius 1 is 1.29 bits per heavy atom. The van der Waals surface area contributed by atoms with Gasteiger partial charge in [-0.25, -0.2) is 0 Å². The minimum absolute atomic E-state index is 0.0516. The summed E-state index contributed by atoms with van der Waals surface area (Å²) in [6.45, 7) is 3.86. The molecule has 1 aromatic rings. The number of hydrogen-bond donors (Lipinski definition) is 2. The van der Waals surface area contributed by atoms with Crippen LogP contribution in [0.15, 0.2) is 12.1 Å². The molecule has 0 aliphatic heterocycles. The van der Waals surface area contributed by atoms with Gasteiger partial charge < -0.3 is 10.2 Å². The van der Waals surface area contributed by atoms with Crippen molar-refractivity contribution in [1.82, 2.24) is 0 Å². The lowest BCUT2D eigenvalue weighted by Crippen LogP contribution is -1.98. The maximum absolute atomic E-state index is 10.4. The molecule has 0 unspecified atom stereocenters. The number of aliphatic carboxylic acids is 1. The van der Waals surface area contributed by atoms with Gasteiger partial charge in [0.05, 0.1) is 0 Å². The maximum Gasteiger partial charge on any atom is 0.303 e. The fraction of sp³-hybridized carbons (Fsp3) is 0.364. The molecule has 0 aliphatic rings. The maximum atomic E-state index is 10.4. The lowest BCUT2D eigenvalue weighted by Gasteiger charge is -2.07. The normalized spacial score (nSPS) is 10.1. The van der Waals surface area contributed by atoms with Crippen molar-refractivity contribution in [2.45, 2.75) is 26.7 Å². The summed E-state index contributed by atoms with van der Waals surface area (Å²) in [4.78, 5) is 10.4. The average molecular weight is 194 g/mol. The molecular formula is C11H14O3. The Balaban J connectivity index is 2.87. The van der Waals surface area contributed by atoms with Crippen LogP contribution in [0.1, 0.15) is 23.1 Å². The van der Waals surface area contributed by atoms with Crippen LogP contribution in [0.2, 0.25) is 0 Å². The van der Waals surface area contributed by atoms with E-state index in [-0.39, 0.29) is 12.2 Å². The van der Waals surface area contributed by atoms with Crippen molar-refractivity contribution in [3.63, 3.8) is 0 Å². The van der Waals surface area contributed by atoms with Crippen LogP contribution < -0.4 is 0 Å². The summed E-state index contributed by atoms with van der Waals surface area (Å²) in [5.41, 5.74) is 2.79. The Morgan fingerprint density at radius 3 is 2.43 bits per heavy atom. The molecule has 0 fully saturated rings. The molecule has 0 radical (unpaired) electrons. The third-order valence-electron chi connectivity index (χ3n) is 2.30. The van der Waals surface area contributed by atoms with Gasteiger partial charge in [-0.2, -0.15) is 0 Å². The molecule has 1 rings (SSSR count). The first-order chi connectivity index (χ1) is 6.50. The molecule has 0 saturated heterocycles. The Hall–Kier alpha value is -1.51. The van der Waals surface area contributed by atoms with Crippen molar-refractivity contribution < 1.29 is 15.0 Å². The summed E-state index contributed by atoms with van der Waals surface area (Å²) < 4.78 is 0. The zero-order chi connectivity index (χ0) is 10.7. The lowest BCUT2D eigenvalue weighted by molar-refractivity contribution is -0.136. The lowest BCUT2D eigenvalue weighted by atomic mass is 10.0. The SMILES string of the molecule is Cc1cc(O)c(CCC(=O)O)cc1C. The smallest absolute Gasteiger partial charge is 0.303 e. The molecule has 0 amide bonds. The monoisotopic (exact) mass is 194 g/mol. The highest BCUT2D eigenvalue weighted by molar-refractivity contribution is 5.67. The van der Waals surface area contributed by atoms with Crippen LogP contribution in [-0.4, -0.2) is 16.2 Å². The molecule has 0 aromatic heterocycles. The topological polar surface area (TPSA) is 57.5 Å². The molecule has 0 bridgehead atoms. The van der Waals surface area contributed by atoms with E-state index < -0.39 is 5.97 Å². The Morgan fingerprint density at radius 2 is 1.86 bits per heavy atom. The Labute approximate surface area is 83.0 Å². The van der Waals surface area contributed by atoms with Gasteiger partial charge in [0.15, 0.2) is 0 Å². The van der Waals surface area contributed by atoms with Gasteiger partial charge in [0.2, 0.25) is 0 Å². The van der Waals surface area contributed by atoms with Gasteiger partial charge in [0.25, 0.3) is 0 Å². The van der Waals surface area contributed by atoms with Crippen molar-refractivity contribution in [1.29, 1.82) is 0 Å². The fourth-order valence-electron chi connectivity index (χ4n) is 1.30. The summed E-state index contributed by atoms with van der Waals surface area (Å²) in [6.07, 6.45) is 0.429. The molecule has 2 N–H and O–H groups in total. The summed E-state index contributed by atoms with van der Waals surface area (Å²) >= 11 is 0. The van der Waals surface area contributed by atoms with Gasteiger partial charge in [-0.1, -0.05) is 6.07 Å². The van der Waals surface area contributed by atoms with Crippen LogP contribution in [0.3, 0.4) is 0 Å². The van der Waals surface area contributed by atoms with E-state index in [1.54, 1.807) is 6.07 Å². The summed E-state index contributed by atoms with van der Waals surface area (Å²) in [6, 6.07) is 3.51.